The molecule has 5 nitrogen and oxygen atoms in total. The topological polar surface area (TPSA) is 61.8 Å². The van der Waals surface area contributed by atoms with Crippen molar-refractivity contribution in [1.29, 1.82) is 0 Å². The van der Waals surface area contributed by atoms with Crippen molar-refractivity contribution >= 4 is 17.7 Å². The Labute approximate surface area is 163 Å². The molecule has 2 N–H and O–H groups in total. The molecule has 0 bridgehead atoms. The maximum atomic E-state index is 11.1. The van der Waals surface area contributed by atoms with Crippen molar-refractivity contribution in [3.8, 4) is 11.8 Å². The molecule has 0 aliphatic carbocycles. The van der Waals surface area contributed by atoms with E-state index in [4.69, 9.17) is 11.6 Å². The average Bonchev–Trinajstić information content (AvgIpc) is 2.60. The summed E-state index contributed by atoms with van der Waals surface area (Å²) in [6.07, 6.45) is 4.39. The fourth-order valence-corrected chi connectivity index (χ4v) is 3.54. The van der Waals surface area contributed by atoms with Crippen molar-refractivity contribution in [3.05, 3.63) is 11.8 Å². The van der Waals surface area contributed by atoms with Crippen LogP contribution in [0.4, 0.5) is 4.79 Å². The van der Waals surface area contributed by atoms with Gasteiger partial charge < -0.3 is 15.2 Å². The first-order chi connectivity index (χ1) is 12.3. The molecule has 1 saturated heterocycles. The second-order valence-corrected chi connectivity index (χ2v) is 7.71. The first kappa shape index (κ1) is 22.7. The molecule has 26 heavy (non-hydrogen) atoms. The summed E-state index contributed by atoms with van der Waals surface area (Å²) in [5, 5.41) is 12.9. The third kappa shape index (κ3) is 8.82. The van der Waals surface area contributed by atoms with Gasteiger partial charge in [-0.25, -0.2) is 4.79 Å². The summed E-state index contributed by atoms with van der Waals surface area (Å²) in [7, 11) is 1.37. The van der Waals surface area contributed by atoms with E-state index in [1.54, 1.807) is 6.92 Å². The minimum Gasteiger partial charge on any atom is -0.511 e. The van der Waals surface area contributed by atoms with Gasteiger partial charge in [0.15, 0.2) is 0 Å². The zero-order chi connectivity index (χ0) is 19.5. The summed E-state index contributed by atoms with van der Waals surface area (Å²) in [5.41, 5.74) is 0. The van der Waals surface area contributed by atoms with Crippen LogP contribution in [0.25, 0.3) is 0 Å². The second-order valence-electron chi connectivity index (χ2n) is 7.18. The lowest BCUT2D eigenvalue weighted by Gasteiger charge is -2.31. The number of methoxy groups -OCH3 is 1. The third-order valence-electron chi connectivity index (χ3n) is 5.05. The highest BCUT2D eigenvalue weighted by Gasteiger charge is 2.21. The SMILES string of the molecule is CC#CC(Cl)CC(C)C(C)/C=C(\O)CN1CCC(CNC(=O)OC)CC1. The molecule has 1 fully saturated rings. The van der Waals surface area contributed by atoms with Gasteiger partial charge in [0.25, 0.3) is 0 Å². The molecule has 1 amide bonds. The van der Waals surface area contributed by atoms with E-state index in [9.17, 15) is 9.90 Å². The molecule has 0 aromatic carbocycles. The van der Waals surface area contributed by atoms with E-state index in [0.29, 0.717) is 30.7 Å². The molecule has 0 aromatic rings. The number of nitrogens with zero attached hydrogens (tertiary/aromatic N) is 1. The van der Waals surface area contributed by atoms with E-state index < -0.39 is 0 Å². The number of alkyl halides is 1. The number of aliphatic hydroxyl groups is 1. The molecule has 0 aromatic heterocycles. The number of rotatable bonds is 8. The average molecular weight is 385 g/mol. The number of likely N-dealkylation sites (tertiary alicyclic amines) is 1. The Morgan fingerprint density at radius 2 is 2.08 bits per heavy atom. The zero-order valence-corrected chi connectivity index (χ0v) is 17.2. The molecule has 0 spiro atoms. The number of ether oxygens (including phenoxy) is 1. The van der Waals surface area contributed by atoms with E-state index in [1.165, 1.54) is 7.11 Å². The van der Waals surface area contributed by atoms with Gasteiger partial charge >= 0.3 is 6.09 Å². The summed E-state index contributed by atoms with van der Waals surface area (Å²) in [6, 6.07) is 0. The monoisotopic (exact) mass is 384 g/mol. The molecule has 3 unspecified atom stereocenters. The largest absolute Gasteiger partial charge is 0.511 e. The van der Waals surface area contributed by atoms with Crippen molar-refractivity contribution in [2.75, 3.05) is 33.3 Å². The van der Waals surface area contributed by atoms with Crippen LogP contribution in [0.2, 0.25) is 0 Å². The van der Waals surface area contributed by atoms with Crippen LogP contribution in [-0.4, -0.2) is 54.8 Å². The molecule has 6 heteroatoms. The van der Waals surface area contributed by atoms with Crippen LogP contribution >= 0.6 is 11.6 Å². The first-order valence-electron chi connectivity index (χ1n) is 9.35. The Bertz CT molecular complexity index is 519. The van der Waals surface area contributed by atoms with Crippen LogP contribution < -0.4 is 5.32 Å². The van der Waals surface area contributed by atoms with Gasteiger partial charge in [-0.2, -0.15) is 0 Å². The number of carbonyl (C=O) groups excluding carboxylic acids is 1. The first-order valence-corrected chi connectivity index (χ1v) is 9.79. The number of carbonyl (C=O) groups is 1. The van der Waals surface area contributed by atoms with Crippen molar-refractivity contribution in [2.24, 2.45) is 17.8 Å². The normalized spacial score (nSPS) is 19.8. The van der Waals surface area contributed by atoms with Gasteiger partial charge in [-0.05, 0) is 63.1 Å². The van der Waals surface area contributed by atoms with Crippen molar-refractivity contribution in [2.45, 2.75) is 45.4 Å². The Morgan fingerprint density at radius 1 is 1.42 bits per heavy atom. The Morgan fingerprint density at radius 3 is 2.65 bits per heavy atom. The summed E-state index contributed by atoms with van der Waals surface area (Å²) >= 11 is 6.18. The number of piperidine rings is 1. The predicted molar refractivity (Wildman–Crippen MR) is 106 cm³/mol. The molecule has 1 aliphatic heterocycles. The number of nitrogens with one attached hydrogen (secondary N) is 1. The lowest BCUT2D eigenvalue weighted by atomic mass is 9.90. The van der Waals surface area contributed by atoms with E-state index in [-0.39, 0.29) is 17.4 Å². The van der Waals surface area contributed by atoms with E-state index >= 15 is 0 Å². The Hall–Kier alpha value is -1.38. The van der Waals surface area contributed by atoms with Gasteiger partial charge in [-0.3, -0.25) is 4.90 Å². The number of hydrogen-bond donors (Lipinski definition) is 2. The molecular weight excluding hydrogens is 352 g/mol. The van der Waals surface area contributed by atoms with Crippen molar-refractivity contribution in [3.63, 3.8) is 0 Å². The van der Waals surface area contributed by atoms with Gasteiger partial charge in [0.2, 0.25) is 0 Å². The van der Waals surface area contributed by atoms with Gasteiger partial charge in [0.05, 0.1) is 19.0 Å². The quantitative estimate of drug-likeness (QED) is 0.379. The molecular formula is C20H33ClN2O3. The van der Waals surface area contributed by atoms with E-state index in [1.807, 2.05) is 6.08 Å². The Balaban J connectivity index is 2.36. The molecule has 3 atom stereocenters. The lowest BCUT2D eigenvalue weighted by molar-refractivity contribution is 0.156. The van der Waals surface area contributed by atoms with Gasteiger partial charge in [0, 0.05) is 6.54 Å². The third-order valence-corrected chi connectivity index (χ3v) is 5.33. The van der Waals surface area contributed by atoms with Crippen molar-refractivity contribution in [1.82, 2.24) is 10.2 Å². The summed E-state index contributed by atoms with van der Waals surface area (Å²) < 4.78 is 4.59. The maximum absolute atomic E-state index is 11.1. The summed E-state index contributed by atoms with van der Waals surface area (Å²) in [4.78, 5) is 13.4. The molecule has 1 rings (SSSR count). The number of amides is 1. The standard InChI is InChI=1S/C20H33ClN2O3/c1-5-6-18(21)11-15(2)16(3)12-19(24)14-23-9-7-17(8-10-23)13-22-20(25)26-4/h12,15-18,24H,7-11,13-14H2,1-4H3,(H,22,25)/b19-12-. The Kier molecular flexibility index (Phi) is 10.5. The summed E-state index contributed by atoms with van der Waals surface area (Å²) in [6.45, 7) is 9.11. The van der Waals surface area contributed by atoms with E-state index in [0.717, 1.165) is 32.4 Å². The van der Waals surface area contributed by atoms with Crippen LogP contribution in [0.15, 0.2) is 11.8 Å². The predicted octanol–water partition coefficient (Wildman–Crippen LogP) is 3.79. The molecule has 1 aliphatic rings. The van der Waals surface area contributed by atoms with Crippen LogP contribution in [0, 0.1) is 29.6 Å². The van der Waals surface area contributed by atoms with Crippen molar-refractivity contribution < 1.29 is 14.6 Å². The number of allylic oxidation sites excluding steroid dienone is 1. The molecule has 148 valence electrons. The number of halogens is 1. The van der Waals surface area contributed by atoms with E-state index in [2.05, 4.69) is 40.6 Å². The minimum atomic E-state index is -0.375. The van der Waals surface area contributed by atoms with Gasteiger partial charge in [-0.15, -0.1) is 17.5 Å². The molecule has 0 saturated carbocycles. The van der Waals surface area contributed by atoms with Crippen LogP contribution in [0.1, 0.15) is 40.0 Å². The second kappa shape index (κ2) is 12.1. The smallest absolute Gasteiger partial charge is 0.406 e. The van der Waals surface area contributed by atoms with Gasteiger partial charge in [0.1, 0.15) is 5.76 Å². The van der Waals surface area contributed by atoms with Crippen LogP contribution in [0.3, 0.4) is 0 Å². The van der Waals surface area contributed by atoms with Crippen LogP contribution in [0.5, 0.6) is 0 Å². The summed E-state index contributed by atoms with van der Waals surface area (Å²) in [5.74, 6) is 7.30. The van der Waals surface area contributed by atoms with Crippen LogP contribution in [-0.2, 0) is 4.74 Å². The molecule has 0 radical (unpaired) electrons. The lowest BCUT2D eigenvalue weighted by Crippen LogP contribution is -2.39. The highest BCUT2D eigenvalue weighted by molar-refractivity contribution is 6.22. The number of hydrogen-bond acceptors (Lipinski definition) is 4. The van der Waals surface area contributed by atoms with Gasteiger partial charge in [-0.1, -0.05) is 19.8 Å². The fraction of sp³-hybridized carbons (Fsp3) is 0.750. The highest BCUT2D eigenvalue weighted by Crippen LogP contribution is 2.22. The number of alkyl carbamates (subject to hydrolysis) is 1. The maximum Gasteiger partial charge on any atom is 0.406 e. The number of aliphatic hydroxyl groups excluding tert-OH is 1. The zero-order valence-electron chi connectivity index (χ0n) is 16.4. The highest BCUT2D eigenvalue weighted by atomic mass is 35.5. The fourth-order valence-electron chi connectivity index (χ4n) is 3.15. The minimum absolute atomic E-state index is 0.134. The molecule has 1 heterocycles.